The summed E-state index contributed by atoms with van der Waals surface area (Å²) >= 11 is 0. The second-order valence-electron chi connectivity index (χ2n) is 3.32. The van der Waals surface area contributed by atoms with Crippen LogP contribution >= 0.6 is 0 Å². The lowest BCUT2D eigenvalue weighted by Gasteiger charge is -2.16. The molecule has 0 spiro atoms. The maximum absolute atomic E-state index is 13.2. The summed E-state index contributed by atoms with van der Waals surface area (Å²) in [5.41, 5.74) is 7.15. The predicted molar refractivity (Wildman–Crippen MR) is 56.3 cm³/mol. The zero-order valence-electron chi connectivity index (χ0n) is 8.96. The highest BCUT2D eigenvalue weighted by Crippen LogP contribution is 2.28. The van der Waals surface area contributed by atoms with E-state index in [1.165, 1.54) is 19.2 Å². The van der Waals surface area contributed by atoms with Gasteiger partial charge in [0, 0.05) is 6.07 Å². The van der Waals surface area contributed by atoms with Gasteiger partial charge < -0.3 is 15.6 Å². The van der Waals surface area contributed by atoms with Crippen LogP contribution in [0.1, 0.15) is 24.1 Å². The van der Waals surface area contributed by atoms with Crippen molar-refractivity contribution < 1.29 is 14.2 Å². The van der Waals surface area contributed by atoms with Gasteiger partial charge in [-0.2, -0.15) is 0 Å². The lowest BCUT2D eigenvalue weighted by atomic mass is 9.98. The maximum atomic E-state index is 13.2. The zero-order valence-corrected chi connectivity index (χ0v) is 8.96. The molecule has 0 aliphatic rings. The van der Waals surface area contributed by atoms with Crippen LogP contribution in [0.25, 0.3) is 0 Å². The number of halogens is 1. The van der Waals surface area contributed by atoms with Gasteiger partial charge in [-0.05, 0) is 23.6 Å². The third-order valence-corrected chi connectivity index (χ3v) is 2.38. The molecule has 0 heterocycles. The molecule has 0 aliphatic carbocycles. The molecule has 0 aliphatic heterocycles. The molecular formula is C11H16FNO2. The molecule has 1 unspecified atom stereocenters. The molecule has 0 bridgehead atoms. The molecule has 0 radical (unpaired) electrons. The number of ether oxygens (including phenoxy) is 1. The minimum atomic E-state index is -0.565. The summed E-state index contributed by atoms with van der Waals surface area (Å²) in [5, 5.41) is 8.97. The third-order valence-electron chi connectivity index (χ3n) is 2.38. The van der Waals surface area contributed by atoms with E-state index >= 15 is 0 Å². The van der Waals surface area contributed by atoms with Crippen molar-refractivity contribution in [3.63, 3.8) is 0 Å². The molecule has 0 amide bonds. The van der Waals surface area contributed by atoms with Crippen LogP contribution in [0.2, 0.25) is 0 Å². The van der Waals surface area contributed by atoms with E-state index in [0.717, 1.165) is 5.56 Å². The molecule has 1 aromatic carbocycles. The fourth-order valence-corrected chi connectivity index (χ4v) is 1.62. The van der Waals surface area contributed by atoms with Gasteiger partial charge in [-0.1, -0.05) is 6.92 Å². The summed E-state index contributed by atoms with van der Waals surface area (Å²) in [6.45, 7) is 1.73. The Hall–Kier alpha value is -1.13. The Morgan fingerprint density at radius 2 is 2.20 bits per heavy atom. The minimum absolute atomic E-state index is 0.209. The van der Waals surface area contributed by atoms with Gasteiger partial charge in [0.1, 0.15) is 11.6 Å². The van der Waals surface area contributed by atoms with Crippen molar-refractivity contribution in [2.45, 2.75) is 19.4 Å². The summed E-state index contributed by atoms with van der Waals surface area (Å²) in [5.74, 6) is 0.0827. The molecule has 3 N–H and O–H groups in total. The predicted octanol–water partition coefficient (Wildman–Crippen LogP) is 1.39. The van der Waals surface area contributed by atoms with Gasteiger partial charge in [0.2, 0.25) is 0 Å². The highest BCUT2D eigenvalue weighted by Gasteiger charge is 2.15. The van der Waals surface area contributed by atoms with Crippen LogP contribution in [-0.2, 0) is 6.42 Å². The van der Waals surface area contributed by atoms with E-state index in [1.54, 1.807) is 0 Å². The number of benzene rings is 1. The number of aliphatic hydroxyl groups is 1. The van der Waals surface area contributed by atoms with Crippen LogP contribution in [0.4, 0.5) is 4.39 Å². The standard InChI is InChI=1S/C11H16FNO2/c1-3-8-9(10(13)6-14)4-7(12)5-11(8)15-2/h4-5,10,14H,3,6,13H2,1-2H3. The smallest absolute Gasteiger partial charge is 0.127 e. The first-order valence-corrected chi connectivity index (χ1v) is 4.86. The van der Waals surface area contributed by atoms with E-state index < -0.39 is 11.9 Å². The Labute approximate surface area is 88.7 Å². The van der Waals surface area contributed by atoms with E-state index in [0.29, 0.717) is 17.7 Å². The molecule has 1 aromatic rings. The summed E-state index contributed by atoms with van der Waals surface area (Å²) in [6.07, 6.45) is 0.687. The van der Waals surface area contributed by atoms with Crippen molar-refractivity contribution >= 4 is 0 Å². The number of nitrogens with two attached hydrogens (primary N) is 1. The molecule has 0 fully saturated rings. The fourth-order valence-electron chi connectivity index (χ4n) is 1.62. The van der Waals surface area contributed by atoms with Gasteiger partial charge in [0.05, 0.1) is 19.8 Å². The van der Waals surface area contributed by atoms with Crippen LogP contribution in [0.5, 0.6) is 5.75 Å². The Kier molecular flexibility index (Phi) is 4.05. The minimum Gasteiger partial charge on any atom is -0.496 e. The highest BCUT2D eigenvalue weighted by atomic mass is 19.1. The molecule has 0 aromatic heterocycles. The molecule has 15 heavy (non-hydrogen) atoms. The Morgan fingerprint density at radius 3 is 2.67 bits per heavy atom. The van der Waals surface area contributed by atoms with E-state index in [2.05, 4.69) is 0 Å². The van der Waals surface area contributed by atoms with Crippen LogP contribution < -0.4 is 10.5 Å². The average Bonchev–Trinajstić information content (AvgIpc) is 2.26. The average molecular weight is 213 g/mol. The summed E-state index contributed by atoms with van der Waals surface area (Å²) in [4.78, 5) is 0. The first-order chi connectivity index (χ1) is 7.13. The molecule has 3 nitrogen and oxygen atoms in total. The normalized spacial score (nSPS) is 12.6. The van der Waals surface area contributed by atoms with E-state index in [4.69, 9.17) is 15.6 Å². The molecular weight excluding hydrogens is 197 g/mol. The summed E-state index contributed by atoms with van der Waals surface area (Å²) < 4.78 is 18.3. The van der Waals surface area contributed by atoms with Crippen molar-refractivity contribution in [3.05, 3.63) is 29.1 Å². The van der Waals surface area contributed by atoms with Crippen LogP contribution in [0.3, 0.4) is 0 Å². The molecule has 0 saturated carbocycles. The van der Waals surface area contributed by atoms with Crippen LogP contribution in [-0.4, -0.2) is 18.8 Å². The first-order valence-electron chi connectivity index (χ1n) is 4.86. The monoisotopic (exact) mass is 213 g/mol. The van der Waals surface area contributed by atoms with Crippen molar-refractivity contribution in [2.75, 3.05) is 13.7 Å². The fraction of sp³-hybridized carbons (Fsp3) is 0.455. The number of hydrogen-bond donors (Lipinski definition) is 2. The zero-order chi connectivity index (χ0) is 11.4. The van der Waals surface area contributed by atoms with Gasteiger partial charge in [0.25, 0.3) is 0 Å². The first kappa shape index (κ1) is 11.9. The van der Waals surface area contributed by atoms with Gasteiger partial charge >= 0.3 is 0 Å². The van der Waals surface area contributed by atoms with Gasteiger partial charge in [-0.25, -0.2) is 4.39 Å². The molecule has 4 heteroatoms. The highest BCUT2D eigenvalue weighted by molar-refractivity contribution is 5.42. The van der Waals surface area contributed by atoms with Crippen LogP contribution in [0.15, 0.2) is 12.1 Å². The van der Waals surface area contributed by atoms with Crippen molar-refractivity contribution in [2.24, 2.45) is 5.73 Å². The number of methoxy groups -OCH3 is 1. The van der Waals surface area contributed by atoms with Crippen molar-refractivity contribution in [1.82, 2.24) is 0 Å². The Morgan fingerprint density at radius 1 is 1.53 bits per heavy atom. The summed E-state index contributed by atoms with van der Waals surface area (Å²) in [6, 6.07) is 2.11. The number of hydrogen-bond acceptors (Lipinski definition) is 3. The van der Waals surface area contributed by atoms with E-state index in [-0.39, 0.29) is 6.61 Å². The number of rotatable bonds is 4. The molecule has 1 atom stereocenters. The SMILES string of the molecule is CCc1c(OC)cc(F)cc1C(N)CO. The largest absolute Gasteiger partial charge is 0.496 e. The topological polar surface area (TPSA) is 55.5 Å². The molecule has 1 rings (SSSR count). The Balaban J connectivity index is 3.28. The lowest BCUT2D eigenvalue weighted by Crippen LogP contribution is -2.17. The second kappa shape index (κ2) is 5.09. The van der Waals surface area contributed by atoms with Crippen molar-refractivity contribution in [1.29, 1.82) is 0 Å². The second-order valence-corrected chi connectivity index (χ2v) is 3.32. The molecule has 0 saturated heterocycles. The molecule has 84 valence electrons. The van der Waals surface area contributed by atoms with Crippen molar-refractivity contribution in [3.8, 4) is 5.75 Å². The van der Waals surface area contributed by atoms with E-state index in [1.807, 2.05) is 6.92 Å². The number of aliphatic hydroxyl groups excluding tert-OH is 1. The van der Waals surface area contributed by atoms with Crippen LogP contribution in [0, 0.1) is 5.82 Å². The van der Waals surface area contributed by atoms with E-state index in [9.17, 15) is 4.39 Å². The Bertz CT molecular complexity index is 342. The van der Waals surface area contributed by atoms with Gasteiger partial charge in [-0.15, -0.1) is 0 Å². The maximum Gasteiger partial charge on any atom is 0.127 e. The summed E-state index contributed by atoms with van der Waals surface area (Å²) in [7, 11) is 1.49. The third kappa shape index (κ3) is 2.46. The van der Waals surface area contributed by atoms with Gasteiger partial charge in [-0.3, -0.25) is 0 Å². The van der Waals surface area contributed by atoms with Gasteiger partial charge in [0.15, 0.2) is 0 Å². The quantitative estimate of drug-likeness (QED) is 0.794. The lowest BCUT2D eigenvalue weighted by molar-refractivity contribution is 0.267.